The molecule has 1 aromatic carbocycles. The second-order valence-corrected chi connectivity index (χ2v) is 7.50. The van der Waals surface area contributed by atoms with E-state index in [0.717, 1.165) is 24.8 Å². The van der Waals surface area contributed by atoms with Crippen molar-refractivity contribution in [3.8, 4) is 0 Å². The van der Waals surface area contributed by atoms with Crippen LogP contribution in [0.2, 0.25) is 0 Å². The van der Waals surface area contributed by atoms with Crippen molar-refractivity contribution in [2.45, 2.75) is 51.2 Å². The van der Waals surface area contributed by atoms with E-state index in [1.807, 2.05) is 30.3 Å². The van der Waals surface area contributed by atoms with Crippen molar-refractivity contribution in [3.05, 3.63) is 35.9 Å². The van der Waals surface area contributed by atoms with E-state index in [2.05, 4.69) is 10.6 Å². The Hall–Kier alpha value is -2.70. The van der Waals surface area contributed by atoms with E-state index in [4.69, 9.17) is 4.74 Å². The molecule has 1 aromatic rings. The molecule has 2 N–H and O–H groups in total. The van der Waals surface area contributed by atoms with Gasteiger partial charge in [0, 0.05) is 18.9 Å². The van der Waals surface area contributed by atoms with E-state index in [-0.39, 0.29) is 24.7 Å². The highest BCUT2D eigenvalue weighted by atomic mass is 16.5. The highest BCUT2D eigenvalue weighted by Gasteiger charge is 2.37. The third kappa shape index (κ3) is 5.18. The molecule has 1 aliphatic carbocycles. The second-order valence-electron chi connectivity index (χ2n) is 7.50. The molecule has 0 bridgehead atoms. The molecule has 1 saturated carbocycles. The van der Waals surface area contributed by atoms with Crippen LogP contribution in [0.5, 0.6) is 0 Å². The van der Waals surface area contributed by atoms with Crippen LogP contribution in [-0.4, -0.2) is 36.2 Å². The van der Waals surface area contributed by atoms with Gasteiger partial charge in [-0.05, 0) is 37.2 Å². The van der Waals surface area contributed by atoms with Crippen LogP contribution in [0.15, 0.2) is 30.3 Å². The van der Waals surface area contributed by atoms with Crippen molar-refractivity contribution >= 4 is 23.6 Å². The summed E-state index contributed by atoms with van der Waals surface area (Å²) >= 11 is 0. The molecular formula is C21H26N2O5. The quantitative estimate of drug-likeness (QED) is 0.699. The number of hydrogen-bond acceptors (Lipinski definition) is 5. The Morgan fingerprint density at radius 1 is 1.11 bits per heavy atom. The molecule has 2 atom stereocenters. The fourth-order valence-corrected chi connectivity index (χ4v) is 3.64. The molecule has 2 aliphatic rings. The van der Waals surface area contributed by atoms with Crippen LogP contribution in [0.3, 0.4) is 0 Å². The third-order valence-electron chi connectivity index (χ3n) is 5.51. The van der Waals surface area contributed by atoms with Gasteiger partial charge < -0.3 is 15.4 Å². The number of benzene rings is 1. The molecule has 0 aromatic heterocycles. The summed E-state index contributed by atoms with van der Waals surface area (Å²) in [6.07, 6.45) is 3.23. The Morgan fingerprint density at radius 2 is 1.86 bits per heavy atom. The molecule has 1 saturated heterocycles. The van der Waals surface area contributed by atoms with Gasteiger partial charge in [0.2, 0.25) is 5.78 Å². The zero-order valence-corrected chi connectivity index (χ0v) is 15.8. The lowest BCUT2D eigenvalue weighted by molar-refractivity contribution is -0.140. The zero-order valence-electron chi connectivity index (χ0n) is 15.8. The van der Waals surface area contributed by atoms with Gasteiger partial charge in [-0.1, -0.05) is 36.8 Å². The topological polar surface area (TPSA) is 102 Å². The molecule has 7 nitrogen and oxygen atoms in total. The van der Waals surface area contributed by atoms with Gasteiger partial charge in [-0.2, -0.15) is 0 Å². The average Bonchev–Trinajstić information content (AvgIpc) is 2.81. The highest BCUT2D eigenvalue weighted by molar-refractivity contribution is 6.37. The lowest BCUT2D eigenvalue weighted by Crippen LogP contribution is -2.49. The molecule has 2 unspecified atom stereocenters. The van der Waals surface area contributed by atoms with Crippen molar-refractivity contribution in [2.24, 2.45) is 11.8 Å². The molecule has 28 heavy (non-hydrogen) atoms. The predicted octanol–water partition coefficient (Wildman–Crippen LogP) is 2.14. The van der Waals surface area contributed by atoms with Crippen LogP contribution in [0.1, 0.15) is 44.1 Å². The molecule has 0 radical (unpaired) electrons. The smallest absolute Gasteiger partial charge is 0.408 e. The van der Waals surface area contributed by atoms with Crippen LogP contribution in [0.4, 0.5) is 4.79 Å². The van der Waals surface area contributed by atoms with Crippen LogP contribution in [0, 0.1) is 11.8 Å². The molecule has 1 aliphatic heterocycles. The normalized spacial score (nSPS) is 21.1. The summed E-state index contributed by atoms with van der Waals surface area (Å²) in [6, 6.07) is 8.63. The minimum Gasteiger partial charge on any atom is -0.445 e. The van der Waals surface area contributed by atoms with Crippen molar-refractivity contribution in [3.63, 3.8) is 0 Å². The van der Waals surface area contributed by atoms with E-state index in [1.165, 1.54) is 0 Å². The fraction of sp³-hybridized carbons (Fsp3) is 0.524. The van der Waals surface area contributed by atoms with Gasteiger partial charge in [0.05, 0.1) is 6.04 Å². The number of carbonyl (C=O) groups is 4. The maximum atomic E-state index is 12.9. The molecule has 1 heterocycles. The van der Waals surface area contributed by atoms with Crippen molar-refractivity contribution in [1.82, 2.24) is 10.6 Å². The molecular weight excluding hydrogens is 360 g/mol. The first-order valence-corrected chi connectivity index (χ1v) is 9.86. The Kier molecular flexibility index (Phi) is 6.79. The number of hydrogen-bond donors (Lipinski definition) is 2. The lowest BCUT2D eigenvalue weighted by atomic mass is 9.76. The summed E-state index contributed by atoms with van der Waals surface area (Å²) in [6.45, 7) is 0.574. The summed E-state index contributed by atoms with van der Waals surface area (Å²) < 4.78 is 5.24. The van der Waals surface area contributed by atoms with Crippen molar-refractivity contribution < 1.29 is 23.9 Å². The number of alkyl carbamates (subject to hydrolysis) is 1. The summed E-state index contributed by atoms with van der Waals surface area (Å²) in [5, 5.41) is 5.24. The molecule has 0 spiro atoms. The molecule has 2 fully saturated rings. The third-order valence-corrected chi connectivity index (χ3v) is 5.51. The summed E-state index contributed by atoms with van der Waals surface area (Å²) in [7, 11) is 0. The Balaban J connectivity index is 1.58. The van der Waals surface area contributed by atoms with Gasteiger partial charge in [0.15, 0.2) is 5.78 Å². The Labute approximate surface area is 164 Å². The Morgan fingerprint density at radius 3 is 2.54 bits per heavy atom. The second kappa shape index (κ2) is 9.48. The van der Waals surface area contributed by atoms with E-state index in [9.17, 15) is 19.2 Å². The predicted molar refractivity (Wildman–Crippen MR) is 101 cm³/mol. The van der Waals surface area contributed by atoms with Crippen LogP contribution < -0.4 is 10.6 Å². The van der Waals surface area contributed by atoms with Gasteiger partial charge in [-0.15, -0.1) is 0 Å². The lowest BCUT2D eigenvalue weighted by Gasteiger charge is -2.33. The monoisotopic (exact) mass is 386 g/mol. The van der Waals surface area contributed by atoms with E-state index in [1.54, 1.807) is 0 Å². The number of nitrogens with one attached hydrogen (secondary N) is 2. The summed E-state index contributed by atoms with van der Waals surface area (Å²) in [5.74, 6) is -1.91. The first kappa shape index (κ1) is 20.0. The van der Waals surface area contributed by atoms with Gasteiger partial charge in [0.25, 0.3) is 5.91 Å². The van der Waals surface area contributed by atoms with Crippen LogP contribution in [0.25, 0.3) is 0 Å². The van der Waals surface area contributed by atoms with Gasteiger partial charge >= 0.3 is 6.09 Å². The van der Waals surface area contributed by atoms with Gasteiger partial charge in [0.1, 0.15) is 6.61 Å². The number of amides is 2. The largest absolute Gasteiger partial charge is 0.445 e. The minimum absolute atomic E-state index is 0.0214. The van der Waals surface area contributed by atoms with Crippen LogP contribution in [-0.2, 0) is 25.7 Å². The van der Waals surface area contributed by atoms with Crippen molar-refractivity contribution in [1.29, 1.82) is 0 Å². The van der Waals surface area contributed by atoms with Gasteiger partial charge in [-0.25, -0.2) is 4.79 Å². The molecule has 150 valence electrons. The van der Waals surface area contributed by atoms with E-state index in [0.29, 0.717) is 19.4 Å². The van der Waals surface area contributed by atoms with Crippen molar-refractivity contribution in [2.75, 3.05) is 6.54 Å². The van der Waals surface area contributed by atoms with Crippen LogP contribution >= 0.6 is 0 Å². The number of ether oxygens (including phenoxy) is 1. The molecule has 3 rings (SSSR count). The van der Waals surface area contributed by atoms with Gasteiger partial charge in [-0.3, -0.25) is 14.4 Å². The SMILES string of the molecule is O=C(NC(C(=O)CC1CCCNC(=O)C1=O)C1CCC1)OCc1ccccc1. The molecule has 2 amide bonds. The Bertz CT molecular complexity index is 730. The zero-order chi connectivity index (χ0) is 19.9. The maximum absolute atomic E-state index is 12.9. The number of carbonyl (C=O) groups excluding carboxylic acids is 4. The summed E-state index contributed by atoms with van der Waals surface area (Å²) in [4.78, 5) is 49.0. The summed E-state index contributed by atoms with van der Waals surface area (Å²) in [5.41, 5.74) is 0.860. The highest BCUT2D eigenvalue weighted by Crippen LogP contribution is 2.31. The van der Waals surface area contributed by atoms with E-state index >= 15 is 0 Å². The van der Waals surface area contributed by atoms with E-state index < -0.39 is 29.7 Å². The number of rotatable bonds is 7. The standard InChI is InChI=1S/C21H26N2O5/c24-17(12-16-10-5-11-22-20(26)19(16)25)18(15-8-4-9-15)23-21(27)28-13-14-6-2-1-3-7-14/h1-3,6-7,15-16,18H,4-5,8-13H2,(H,22,26)(H,23,27). The number of Topliss-reactive ketones (excluding diaryl/α,β-unsaturated/α-hetero) is 2. The molecule has 7 heteroatoms. The first-order valence-electron chi connectivity index (χ1n) is 9.86. The first-order chi connectivity index (χ1) is 13.5. The maximum Gasteiger partial charge on any atom is 0.408 e. The fourth-order valence-electron chi connectivity index (χ4n) is 3.64. The number of ketones is 2. The average molecular weight is 386 g/mol. The minimum atomic E-state index is -0.670.